The van der Waals surface area contributed by atoms with Gasteiger partial charge in [0.15, 0.2) is 6.29 Å². The number of rotatable bonds is 8. The Labute approximate surface area is 170 Å². The van der Waals surface area contributed by atoms with Crippen LogP contribution in [0.1, 0.15) is 11.3 Å². The summed E-state index contributed by atoms with van der Waals surface area (Å²) in [6, 6.07) is 9.45. The van der Waals surface area contributed by atoms with E-state index in [4.69, 9.17) is 0 Å². The number of nitrogens with one attached hydrogen (secondary N) is 2. The smallest absolute Gasteiger partial charge is 0.318 e. The average molecular weight is 414 g/mol. The first-order chi connectivity index (χ1) is 13.7. The van der Waals surface area contributed by atoms with Crippen LogP contribution in [0.5, 0.6) is 0 Å². The van der Waals surface area contributed by atoms with Gasteiger partial charge in [-0.2, -0.15) is 0 Å². The third-order valence-electron chi connectivity index (χ3n) is 4.70. The average Bonchev–Trinajstić information content (AvgIpc) is 3.49. The molecule has 144 valence electrons. The molecular weight excluding hydrogens is 394 g/mol. The second kappa shape index (κ2) is 8.07. The van der Waals surface area contributed by atoms with Crippen molar-refractivity contribution in [3.63, 3.8) is 0 Å². The number of hydrogen-bond donors (Lipinski definition) is 2. The fraction of sp³-hybridized carbons (Fsp3) is 0.263. The third-order valence-corrected chi connectivity index (χ3v) is 6.63. The summed E-state index contributed by atoms with van der Waals surface area (Å²) in [6.45, 7) is 1.49. The number of aromatic nitrogens is 2. The summed E-state index contributed by atoms with van der Waals surface area (Å²) in [5.41, 5.74) is -0.140. The fourth-order valence-electron chi connectivity index (χ4n) is 3.32. The summed E-state index contributed by atoms with van der Waals surface area (Å²) in [5, 5.41) is 9.92. The maximum Gasteiger partial charge on any atom is 0.318 e. The van der Waals surface area contributed by atoms with E-state index in [1.165, 1.54) is 11.3 Å². The normalized spacial score (nSPS) is 15.9. The lowest BCUT2D eigenvalue weighted by molar-refractivity contribution is -0.117. The zero-order valence-corrected chi connectivity index (χ0v) is 16.6. The lowest BCUT2D eigenvalue weighted by atomic mass is 9.92. The summed E-state index contributed by atoms with van der Waals surface area (Å²) >= 11 is 3.10. The van der Waals surface area contributed by atoms with Crippen LogP contribution in [0.3, 0.4) is 0 Å². The van der Waals surface area contributed by atoms with Crippen molar-refractivity contribution >= 4 is 40.9 Å². The Morgan fingerprint density at radius 2 is 2.11 bits per heavy atom. The minimum Gasteiger partial charge on any atom is -0.354 e. The highest BCUT2D eigenvalue weighted by Gasteiger charge is 2.43. The van der Waals surface area contributed by atoms with Crippen LogP contribution in [0.25, 0.3) is 10.6 Å². The first kappa shape index (κ1) is 18.6. The van der Waals surface area contributed by atoms with Gasteiger partial charge in [0, 0.05) is 30.7 Å². The molecule has 7 nitrogen and oxygen atoms in total. The molecule has 2 N–H and O–H groups in total. The van der Waals surface area contributed by atoms with E-state index in [0.29, 0.717) is 32.0 Å². The van der Waals surface area contributed by atoms with Gasteiger partial charge < -0.3 is 20.3 Å². The van der Waals surface area contributed by atoms with E-state index in [1.54, 1.807) is 22.4 Å². The molecule has 0 radical (unpaired) electrons. The topological polar surface area (TPSA) is 87.2 Å². The molecule has 0 saturated carbocycles. The second-order valence-corrected chi connectivity index (χ2v) is 8.22. The van der Waals surface area contributed by atoms with Crippen LogP contribution in [0.4, 0.5) is 10.7 Å². The highest BCUT2D eigenvalue weighted by molar-refractivity contribution is 7.13. The van der Waals surface area contributed by atoms with E-state index in [2.05, 4.69) is 20.6 Å². The number of carbonyl (C=O) groups is 2. The predicted molar refractivity (Wildman–Crippen MR) is 111 cm³/mol. The van der Waals surface area contributed by atoms with Crippen LogP contribution in [0.2, 0.25) is 0 Å². The number of hydrogen-bond acceptors (Lipinski definition) is 7. The first-order valence-electron chi connectivity index (χ1n) is 8.89. The molecule has 28 heavy (non-hydrogen) atoms. The molecule has 2 amide bonds. The molecule has 0 aromatic carbocycles. The lowest BCUT2D eigenvalue weighted by Gasteiger charge is -2.35. The van der Waals surface area contributed by atoms with Gasteiger partial charge in [-0.1, -0.05) is 12.1 Å². The molecular formula is C19H19N5O2S2. The van der Waals surface area contributed by atoms with E-state index >= 15 is 0 Å². The standard InChI is InChI=1S/C19H19N5O2S2/c25-13-19(16-4-2-12-28-16,24-10-9-22-18(24)26)6-8-21-17-20-7-5-14(23-17)15-3-1-11-27-15/h1-5,7,11-13H,6,8-10H2,(H,22,26)(H,20,21,23). The van der Waals surface area contributed by atoms with Crippen LogP contribution < -0.4 is 10.6 Å². The first-order valence-corrected chi connectivity index (χ1v) is 10.7. The molecule has 1 aliphatic heterocycles. The molecule has 3 aromatic heterocycles. The number of amides is 2. The summed E-state index contributed by atoms with van der Waals surface area (Å²) in [6.07, 6.45) is 3.02. The van der Waals surface area contributed by atoms with Crippen LogP contribution in [-0.4, -0.2) is 46.8 Å². The van der Waals surface area contributed by atoms with Crippen molar-refractivity contribution in [1.82, 2.24) is 20.2 Å². The molecule has 1 fully saturated rings. The number of thiophene rings is 2. The fourth-order valence-corrected chi connectivity index (χ4v) is 4.94. The maximum atomic E-state index is 12.3. The van der Waals surface area contributed by atoms with E-state index < -0.39 is 5.54 Å². The Hall–Kier alpha value is -2.78. The highest BCUT2D eigenvalue weighted by Crippen LogP contribution is 2.34. The molecule has 0 bridgehead atoms. The van der Waals surface area contributed by atoms with Gasteiger partial charge in [-0.25, -0.2) is 14.8 Å². The van der Waals surface area contributed by atoms with E-state index in [0.717, 1.165) is 21.7 Å². The Morgan fingerprint density at radius 3 is 2.79 bits per heavy atom. The summed E-state index contributed by atoms with van der Waals surface area (Å²) < 4.78 is 0. The van der Waals surface area contributed by atoms with Crippen LogP contribution >= 0.6 is 22.7 Å². The SMILES string of the molecule is O=CC(CCNc1nccc(-c2cccs2)n1)(c1cccs1)N1CCNC1=O. The zero-order valence-electron chi connectivity index (χ0n) is 15.0. The Bertz CT molecular complexity index is 945. The van der Waals surface area contributed by atoms with Gasteiger partial charge >= 0.3 is 6.03 Å². The summed E-state index contributed by atoms with van der Waals surface area (Å²) in [7, 11) is 0. The molecule has 3 aromatic rings. The van der Waals surface area contributed by atoms with Crippen molar-refractivity contribution in [3.8, 4) is 10.6 Å². The lowest BCUT2D eigenvalue weighted by Crippen LogP contribution is -2.49. The quantitative estimate of drug-likeness (QED) is 0.554. The van der Waals surface area contributed by atoms with Crippen LogP contribution in [0, 0.1) is 0 Å². The van der Waals surface area contributed by atoms with E-state index in [1.807, 2.05) is 41.1 Å². The van der Waals surface area contributed by atoms with Crippen LogP contribution in [0.15, 0.2) is 47.3 Å². The molecule has 9 heteroatoms. The van der Waals surface area contributed by atoms with Crippen molar-refractivity contribution in [2.75, 3.05) is 25.0 Å². The summed E-state index contributed by atoms with van der Waals surface area (Å²) in [5.74, 6) is 0.503. The second-order valence-electron chi connectivity index (χ2n) is 6.32. The largest absolute Gasteiger partial charge is 0.354 e. The molecule has 1 saturated heterocycles. The van der Waals surface area contributed by atoms with Crippen molar-refractivity contribution < 1.29 is 9.59 Å². The zero-order chi connectivity index (χ0) is 19.4. The van der Waals surface area contributed by atoms with Crippen molar-refractivity contribution in [2.45, 2.75) is 12.0 Å². The highest BCUT2D eigenvalue weighted by atomic mass is 32.1. The molecule has 4 heterocycles. The predicted octanol–water partition coefficient (Wildman–Crippen LogP) is 3.19. The molecule has 4 rings (SSSR count). The minimum atomic E-state index is -0.993. The number of aldehydes is 1. The van der Waals surface area contributed by atoms with Crippen molar-refractivity contribution in [1.29, 1.82) is 0 Å². The van der Waals surface area contributed by atoms with Crippen molar-refractivity contribution in [2.24, 2.45) is 0 Å². The van der Waals surface area contributed by atoms with E-state index in [-0.39, 0.29) is 6.03 Å². The molecule has 1 atom stereocenters. The van der Waals surface area contributed by atoms with Gasteiger partial charge in [-0.15, -0.1) is 22.7 Å². The molecule has 0 aliphatic carbocycles. The molecule has 1 unspecified atom stereocenters. The Balaban J connectivity index is 1.52. The van der Waals surface area contributed by atoms with Gasteiger partial charge in [-0.3, -0.25) is 0 Å². The minimum absolute atomic E-state index is 0.212. The molecule has 0 spiro atoms. The van der Waals surface area contributed by atoms with Gasteiger partial charge in [0.2, 0.25) is 5.95 Å². The number of anilines is 1. The third kappa shape index (κ3) is 3.50. The van der Waals surface area contributed by atoms with Gasteiger partial charge in [0.1, 0.15) is 5.54 Å². The molecule has 1 aliphatic rings. The van der Waals surface area contributed by atoms with Gasteiger partial charge in [0.25, 0.3) is 0 Å². The van der Waals surface area contributed by atoms with Crippen LogP contribution in [-0.2, 0) is 10.3 Å². The van der Waals surface area contributed by atoms with E-state index in [9.17, 15) is 9.59 Å². The van der Waals surface area contributed by atoms with Crippen molar-refractivity contribution in [3.05, 3.63) is 52.2 Å². The monoisotopic (exact) mass is 413 g/mol. The maximum absolute atomic E-state index is 12.3. The number of urea groups is 1. The Morgan fingerprint density at radius 1 is 1.25 bits per heavy atom. The summed E-state index contributed by atoms with van der Waals surface area (Å²) in [4.78, 5) is 36.9. The van der Waals surface area contributed by atoms with Gasteiger partial charge in [-0.05, 0) is 35.4 Å². The number of carbonyl (C=O) groups excluding carboxylic acids is 2. The number of nitrogens with zero attached hydrogens (tertiary/aromatic N) is 3. The van der Waals surface area contributed by atoms with Gasteiger partial charge in [0.05, 0.1) is 10.6 Å². The Kier molecular flexibility index (Phi) is 5.36.